The first-order chi connectivity index (χ1) is 14.0. The first-order valence-electron chi connectivity index (χ1n) is 9.97. The van der Waals surface area contributed by atoms with Crippen molar-refractivity contribution in [3.05, 3.63) is 65.4 Å². The number of H-pyrrole nitrogens is 1. The van der Waals surface area contributed by atoms with Crippen LogP contribution < -0.4 is 5.32 Å². The van der Waals surface area contributed by atoms with Gasteiger partial charge in [-0.15, -0.1) is 0 Å². The van der Waals surface area contributed by atoms with Crippen LogP contribution in [-0.2, 0) is 4.79 Å². The highest BCUT2D eigenvalue weighted by Gasteiger charge is 2.23. The van der Waals surface area contributed by atoms with E-state index in [4.69, 9.17) is 0 Å². The van der Waals surface area contributed by atoms with Crippen LogP contribution in [0.15, 0.2) is 48.5 Å². The molecule has 2 heterocycles. The molecule has 6 heteroatoms. The number of hydrogen-bond donors (Lipinski definition) is 2. The second kappa shape index (κ2) is 8.09. The number of para-hydroxylation sites is 1. The highest BCUT2D eigenvalue weighted by Crippen LogP contribution is 2.23. The summed E-state index contributed by atoms with van der Waals surface area (Å²) in [4.78, 5) is 32.5. The standard InChI is InChI=1S/C23H26N4O2/c1-16-17(2)24-21-9-8-18(14-20(16)21)23(29)27-12-10-26(11-13-27)15-22(28)25-19-6-4-3-5-7-19/h3-9,14,24H,10-13,15H2,1-2H3,(H,25,28). The molecule has 6 nitrogen and oxygen atoms in total. The Morgan fingerprint density at radius 3 is 2.45 bits per heavy atom. The zero-order valence-electron chi connectivity index (χ0n) is 16.9. The van der Waals surface area contributed by atoms with Crippen molar-refractivity contribution < 1.29 is 9.59 Å². The Balaban J connectivity index is 1.34. The number of carbonyl (C=O) groups is 2. The summed E-state index contributed by atoms with van der Waals surface area (Å²) in [5.74, 6) is 0.0262. The summed E-state index contributed by atoms with van der Waals surface area (Å²) in [6.07, 6.45) is 0. The monoisotopic (exact) mass is 390 g/mol. The van der Waals surface area contributed by atoms with Gasteiger partial charge in [-0.2, -0.15) is 0 Å². The highest BCUT2D eigenvalue weighted by atomic mass is 16.2. The molecule has 29 heavy (non-hydrogen) atoms. The van der Waals surface area contributed by atoms with Crippen LogP contribution in [0.4, 0.5) is 5.69 Å². The molecule has 2 aromatic carbocycles. The zero-order chi connectivity index (χ0) is 20.4. The molecule has 2 N–H and O–H groups in total. The fourth-order valence-electron chi connectivity index (χ4n) is 3.81. The molecule has 0 saturated carbocycles. The lowest BCUT2D eigenvalue weighted by molar-refractivity contribution is -0.117. The number of benzene rings is 2. The van der Waals surface area contributed by atoms with Crippen molar-refractivity contribution in [1.82, 2.24) is 14.8 Å². The van der Waals surface area contributed by atoms with Gasteiger partial charge in [0.2, 0.25) is 5.91 Å². The lowest BCUT2D eigenvalue weighted by atomic mass is 10.1. The summed E-state index contributed by atoms with van der Waals surface area (Å²) in [6.45, 7) is 7.09. The van der Waals surface area contributed by atoms with Crippen molar-refractivity contribution in [3.63, 3.8) is 0 Å². The van der Waals surface area contributed by atoms with Gasteiger partial charge in [0, 0.05) is 54.0 Å². The van der Waals surface area contributed by atoms with Crippen molar-refractivity contribution in [2.75, 3.05) is 38.0 Å². The predicted octanol–water partition coefficient (Wildman–Crippen LogP) is 3.18. The number of nitrogens with zero attached hydrogens (tertiary/aromatic N) is 2. The van der Waals surface area contributed by atoms with Crippen molar-refractivity contribution in [2.45, 2.75) is 13.8 Å². The van der Waals surface area contributed by atoms with Crippen molar-refractivity contribution in [2.24, 2.45) is 0 Å². The van der Waals surface area contributed by atoms with Crippen LogP contribution in [0.25, 0.3) is 10.9 Å². The molecule has 1 aromatic heterocycles. The molecule has 0 atom stereocenters. The smallest absolute Gasteiger partial charge is 0.253 e. The molecular formula is C23H26N4O2. The number of aryl methyl sites for hydroxylation is 2. The number of piperazine rings is 1. The number of amides is 2. The third-order valence-corrected chi connectivity index (χ3v) is 5.64. The van der Waals surface area contributed by atoms with Gasteiger partial charge < -0.3 is 15.2 Å². The van der Waals surface area contributed by atoms with Gasteiger partial charge in [-0.05, 0) is 49.7 Å². The van der Waals surface area contributed by atoms with E-state index in [1.165, 1.54) is 5.56 Å². The van der Waals surface area contributed by atoms with Crippen LogP contribution in [-0.4, -0.2) is 59.3 Å². The van der Waals surface area contributed by atoms with Gasteiger partial charge in [0.05, 0.1) is 6.54 Å². The quantitative estimate of drug-likeness (QED) is 0.719. The second-order valence-electron chi connectivity index (χ2n) is 7.62. The van der Waals surface area contributed by atoms with Gasteiger partial charge in [0.15, 0.2) is 0 Å². The molecule has 2 amide bonds. The summed E-state index contributed by atoms with van der Waals surface area (Å²) in [5.41, 5.74) is 4.90. The molecule has 0 radical (unpaired) electrons. The average molecular weight is 390 g/mol. The van der Waals surface area contributed by atoms with Gasteiger partial charge in [-0.1, -0.05) is 18.2 Å². The van der Waals surface area contributed by atoms with E-state index < -0.39 is 0 Å². The maximum atomic E-state index is 12.9. The summed E-state index contributed by atoms with van der Waals surface area (Å²) in [5, 5.41) is 4.01. The number of rotatable bonds is 4. The Labute approximate surface area is 170 Å². The van der Waals surface area contributed by atoms with Crippen molar-refractivity contribution in [1.29, 1.82) is 0 Å². The minimum absolute atomic E-state index is 0.0280. The zero-order valence-corrected chi connectivity index (χ0v) is 16.9. The van der Waals surface area contributed by atoms with Gasteiger partial charge >= 0.3 is 0 Å². The van der Waals surface area contributed by atoms with E-state index in [-0.39, 0.29) is 11.8 Å². The Hall–Kier alpha value is -3.12. The normalized spacial score (nSPS) is 14.9. The first kappa shape index (κ1) is 19.2. The van der Waals surface area contributed by atoms with E-state index in [0.29, 0.717) is 32.7 Å². The Bertz CT molecular complexity index is 1030. The summed E-state index contributed by atoms with van der Waals surface area (Å²) >= 11 is 0. The van der Waals surface area contributed by atoms with Crippen LogP contribution in [0, 0.1) is 13.8 Å². The van der Waals surface area contributed by atoms with E-state index in [1.54, 1.807) is 0 Å². The Morgan fingerprint density at radius 2 is 1.72 bits per heavy atom. The largest absolute Gasteiger partial charge is 0.358 e. The van der Waals surface area contributed by atoms with E-state index in [1.807, 2.05) is 60.4 Å². The van der Waals surface area contributed by atoms with Crippen LogP contribution in [0.2, 0.25) is 0 Å². The Kier molecular flexibility index (Phi) is 5.36. The molecule has 0 spiro atoms. The van der Waals surface area contributed by atoms with Crippen LogP contribution in [0.5, 0.6) is 0 Å². The number of aromatic nitrogens is 1. The minimum atomic E-state index is -0.0280. The number of fused-ring (bicyclic) bond motifs is 1. The van der Waals surface area contributed by atoms with Gasteiger partial charge in [0.1, 0.15) is 0 Å². The maximum absolute atomic E-state index is 12.9. The van der Waals surface area contributed by atoms with Gasteiger partial charge in [0.25, 0.3) is 5.91 Å². The molecule has 1 aliphatic heterocycles. The number of aromatic amines is 1. The fraction of sp³-hybridized carbons (Fsp3) is 0.304. The fourth-order valence-corrected chi connectivity index (χ4v) is 3.81. The van der Waals surface area contributed by atoms with Crippen molar-refractivity contribution in [3.8, 4) is 0 Å². The third kappa shape index (κ3) is 4.17. The number of hydrogen-bond acceptors (Lipinski definition) is 3. The Morgan fingerprint density at radius 1 is 1.00 bits per heavy atom. The van der Waals surface area contributed by atoms with Crippen molar-refractivity contribution >= 4 is 28.4 Å². The number of anilines is 1. The van der Waals surface area contributed by atoms with Crippen LogP contribution in [0.1, 0.15) is 21.6 Å². The van der Waals surface area contributed by atoms with E-state index >= 15 is 0 Å². The van der Waals surface area contributed by atoms with Gasteiger partial charge in [-0.25, -0.2) is 0 Å². The second-order valence-corrected chi connectivity index (χ2v) is 7.62. The molecule has 1 fully saturated rings. The van der Waals surface area contributed by atoms with Crippen LogP contribution in [0.3, 0.4) is 0 Å². The molecule has 1 aliphatic rings. The SMILES string of the molecule is Cc1[nH]c2ccc(C(=O)N3CCN(CC(=O)Nc4ccccc4)CC3)cc2c1C. The topological polar surface area (TPSA) is 68.4 Å². The molecule has 0 bridgehead atoms. The lowest BCUT2D eigenvalue weighted by Crippen LogP contribution is -2.50. The first-order valence-corrected chi connectivity index (χ1v) is 9.97. The molecule has 150 valence electrons. The summed E-state index contributed by atoms with van der Waals surface area (Å²) in [6, 6.07) is 15.3. The molecule has 0 aliphatic carbocycles. The molecule has 1 saturated heterocycles. The molecule has 0 unspecified atom stereocenters. The lowest BCUT2D eigenvalue weighted by Gasteiger charge is -2.34. The minimum Gasteiger partial charge on any atom is -0.358 e. The highest BCUT2D eigenvalue weighted by molar-refractivity contribution is 5.99. The van der Waals surface area contributed by atoms with E-state index in [2.05, 4.69) is 22.1 Å². The third-order valence-electron chi connectivity index (χ3n) is 5.64. The average Bonchev–Trinajstić information content (AvgIpc) is 3.02. The van der Waals surface area contributed by atoms with Gasteiger partial charge in [-0.3, -0.25) is 14.5 Å². The summed E-state index contributed by atoms with van der Waals surface area (Å²) in [7, 11) is 0. The predicted molar refractivity (Wildman–Crippen MR) is 115 cm³/mol. The number of carbonyl (C=O) groups excluding carboxylic acids is 2. The van der Waals surface area contributed by atoms with Crippen LogP contribution >= 0.6 is 0 Å². The number of nitrogens with one attached hydrogen (secondary N) is 2. The van der Waals surface area contributed by atoms with E-state index in [9.17, 15) is 9.59 Å². The van der Waals surface area contributed by atoms with E-state index in [0.717, 1.165) is 27.8 Å². The maximum Gasteiger partial charge on any atom is 0.253 e. The molecule has 4 rings (SSSR count). The molecule has 3 aromatic rings. The summed E-state index contributed by atoms with van der Waals surface area (Å²) < 4.78 is 0. The molecular weight excluding hydrogens is 364 g/mol.